The monoisotopic (exact) mass is 229 g/mol. The maximum absolute atomic E-state index is 10.3. The molecule has 0 atom stereocenters. The molecule has 0 spiro atoms. The van der Waals surface area contributed by atoms with Crippen molar-refractivity contribution in [2.75, 3.05) is 0 Å². The van der Waals surface area contributed by atoms with Crippen molar-refractivity contribution in [2.24, 2.45) is 15.0 Å². The maximum Gasteiger partial charge on any atom is 0.240 e. The lowest BCUT2D eigenvalue weighted by Gasteiger charge is -2.07. The molecule has 0 bridgehead atoms. The Morgan fingerprint density at radius 3 is 1.94 bits per heavy atom. The highest BCUT2D eigenvalue weighted by atomic mass is 16.1. The van der Waals surface area contributed by atoms with E-state index in [-0.39, 0.29) is 17.1 Å². The number of rotatable bonds is 3. The summed E-state index contributed by atoms with van der Waals surface area (Å²) in [4.78, 5) is 41.1. The minimum atomic E-state index is 0.00907. The third-order valence-electron chi connectivity index (χ3n) is 2.25. The molecule has 0 saturated carbocycles. The van der Waals surface area contributed by atoms with Crippen LogP contribution in [0.4, 0.5) is 17.1 Å². The highest BCUT2D eigenvalue weighted by molar-refractivity contribution is 5.83. The fourth-order valence-corrected chi connectivity index (χ4v) is 1.34. The number of benzene rings is 1. The van der Waals surface area contributed by atoms with E-state index in [4.69, 9.17) is 0 Å². The van der Waals surface area contributed by atoms with E-state index in [9.17, 15) is 14.4 Å². The largest absolute Gasteiger partial charge is 0.240 e. The van der Waals surface area contributed by atoms with Crippen LogP contribution in [0.15, 0.2) is 21.0 Å². The van der Waals surface area contributed by atoms with Crippen LogP contribution in [-0.4, -0.2) is 18.2 Å². The van der Waals surface area contributed by atoms with Gasteiger partial charge < -0.3 is 0 Å². The van der Waals surface area contributed by atoms with E-state index in [0.29, 0.717) is 5.56 Å². The van der Waals surface area contributed by atoms with Gasteiger partial charge in [-0.05, 0) is 31.0 Å². The van der Waals surface area contributed by atoms with Gasteiger partial charge in [-0.25, -0.2) is 14.4 Å². The standard InChI is InChI=1S/C11H7N3O3/c1-7-3-9(12-4-15)11(14-6-17)10(8(7)2)13-5-16/h3H,1-2H3. The van der Waals surface area contributed by atoms with E-state index in [1.807, 2.05) is 0 Å². The highest BCUT2D eigenvalue weighted by Crippen LogP contribution is 2.41. The van der Waals surface area contributed by atoms with Gasteiger partial charge in [0.1, 0.15) is 17.1 Å². The van der Waals surface area contributed by atoms with Crippen LogP contribution in [0, 0.1) is 13.8 Å². The first-order chi connectivity index (χ1) is 8.15. The van der Waals surface area contributed by atoms with E-state index in [0.717, 1.165) is 5.56 Å². The Morgan fingerprint density at radius 2 is 1.41 bits per heavy atom. The number of hydrogen-bond donors (Lipinski definition) is 0. The Bertz CT molecular complexity index is 603. The van der Waals surface area contributed by atoms with Gasteiger partial charge in [-0.2, -0.15) is 15.0 Å². The molecule has 0 unspecified atom stereocenters. The van der Waals surface area contributed by atoms with Crippen LogP contribution in [-0.2, 0) is 14.4 Å². The first kappa shape index (κ1) is 12.4. The van der Waals surface area contributed by atoms with E-state index >= 15 is 0 Å². The summed E-state index contributed by atoms with van der Waals surface area (Å²) >= 11 is 0. The van der Waals surface area contributed by atoms with E-state index in [1.54, 1.807) is 19.9 Å². The highest BCUT2D eigenvalue weighted by Gasteiger charge is 2.13. The van der Waals surface area contributed by atoms with Gasteiger partial charge >= 0.3 is 0 Å². The second-order valence-corrected chi connectivity index (χ2v) is 3.14. The summed E-state index contributed by atoms with van der Waals surface area (Å²) in [5.41, 5.74) is 1.66. The fourth-order valence-electron chi connectivity index (χ4n) is 1.34. The van der Waals surface area contributed by atoms with Crippen molar-refractivity contribution >= 4 is 35.3 Å². The normalized spacial score (nSPS) is 8.59. The van der Waals surface area contributed by atoms with Crippen molar-refractivity contribution < 1.29 is 14.4 Å². The number of aliphatic imine (C=N–C) groups is 3. The van der Waals surface area contributed by atoms with Crippen molar-refractivity contribution in [1.29, 1.82) is 0 Å². The summed E-state index contributed by atoms with van der Waals surface area (Å²) in [5, 5.41) is 0. The van der Waals surface area contributed by atoms with Crippen LogP contribution in [0.3, 0.4) is 0 Å². The van der Waals surface area contributed by atoms with Crippen LogP contribution in [0.5, 0.6) is 0 Å². The van der Waals surface area contributed by atoms with Crippen molar-refractivity contribution in [3.8, 4) is 0 Å². The molecule has 0 fully saturated rings. The molecule has 1 aromatic rings. The second-order valence-electron chi connectivity index (χ2n) is 3.14. The van der Waals surface area contributed by atoms with Gasteiger partial charge in [0.25, 0.3) is 0 Å². The Labute approximate surface area is 96.4 Å². The van der Waals surface area contributed by atoms with E-state index in [2.05, 4.69) is 15.0 Å². The lowest BCUT2D eigenvalue weighted by Crippen LogP contribution is -1.83. The zero-order chi connectivity index (χ0) is 12.8. The topological polar surface area (TPSA) is 88.3 Å². The van der Waals surface area contributed by atoms with Gasteiger partial charge in [-0.3, -0.25) is 0 Å². The number of hydrogen-bond acceptors (Lipinski definition) is 6. The Hall–Kier alpha value is -2.64. The Kier molecular flexibility index (Phi) is 3.98. The van der Waals surface area contributed by atoms with Crippen LogP contribution < -0.4 is 0 Å². The van der Waals surface area contributed by atoms with Crippen molar-refractivity contribution in [3.05, 3.63) is 17.2 Å². The molecule has 1 rings (SSSR count). The van der Waals surface area contributed by atoms with Crippen molar-refractivity contribution in [3.63, 3.8) is 0 Å². The van der Waals surface area contributed by atoms with Crippen LogP contribution in [0.2, 0.25) is 0 Å². The number of aryl methyl sites for hydroxylation is 1. The molecule has 84 valence electrons. The van der Waals surface area contributed by atoms with Crippen molar-refractivity contribution in [2.45, 2.75) is 13.8 Å². The molecule has 6 heteroatoms. The predicted molar refractivity (Wildman–Crippen MR) is 59.3 cm³/mol. The summed E-state index contributed by atoms with van der Waals surface area (Å²) < 4.78 is 0. The smallest absolute Gasteiger partial charge is 0.211 e. The summed E-state index contributed by atoms with van der Waals surface area (Å²) in [6, 6.07) is 1.54. The summed E-state index contributed by atoms with van der Waals surface area (Å²) in [6.07, 6.45) is 4.03. The van der Waals surface area contributed by atoms with E-state index in [1.165, 1.54) is 18.2 Å². The molecular formula is C11H7N3O3. The van der Waals surface area contributed by atoms with Gasteiger partial charge in [0.2, 0.25) is 18.2 Å². The zero-order valence-electron chi connectivity index (χ0n) is 9.14. The predicted octanol–water partition coefficient (Wildman–Crippen LogP) is 2.21. The van der Waals surface area contributed by atoms with Gasteiger partial charge in [0.15, 0.2) is 0 Å². The third-order valence-corrected chi connectivity index (χ3v) is 2.25. The summed E-state index contributed by atoms with van der Waals surface area (Å²) in [6.45, 7) is 3.45. The fraction of sp³-hybridized carbons (Fsp3) is 0.182. The maximum atomic E-state index is 10.3. The molecule has 0 saturated heterocycles. The van der Waals surface area contributed by atoms with E-state index < -0.39 is 0 Å². The lowest BCUT2D eigenvalue weighted by molar-refractivity contribution is 0.564. The molecule has 0 aromatic heterocycles. The molecule has 1 aromatic carbocycles. The zero-order valence-corrected chi connectivity index (χ0v) is 9.14. The molecule has 0 N–H and O–H groups in total. The average Bonchev–Trinajstić information content (AvgIpc) is 2.30. The molecule has 0 heterocycles. The first-order valence-electron chi connectivity index (χ1n) is 4.53. The molecule has 0 aliphatic heterocycles. The molecule has 0 aliphatic carbocycles. The number of isocyanates is 3. The quantitative estimate of drug-likeness (QED) is 0.587. The van der Waals surface area contributed by atoms with Gasteiger partial charge in [-0.15, -0.1) is 0 Å². The van der Waals surface area contributed by atoms with Crippen LogP contribution in [0.1, 0.15) is 11.1 Å². The van der Waals surface area contributed by atoms with Crippen LogP contribution in [0.25, 0.3) is 0 Å². The van der Waals surface area contributed by atoms with Crippen molar-refractivity contribution in [1.82, 2.24) is 0 Å². The molecule has 0 radical (unpaired) electrons. The van der Waals surface area contributed by atoms with Crippen LogP contribution >= 0.6 is 0 Å². The summed E-state index contributed by atoms with van der Waals surface area (Å²) in [7, 11) is 0. The van der Waals surface area contributed by atoms with Gasteiger partial charge in [-0.1, -0.05) is 0 Å². The first-order valence-corrected chi connectivity index (χ1v) is 4.53. The lowest BCUT2D eigenvalue weighted by atomic mass is 10.1. The Morgan fingerprint density at radius 1 is 0.882 bits per heavy atom. The van der Waals surface area contributed by atoms with Gasteiger partial charge in [0, 0.05) is 0 Å². The second kappa shape index (κ2) is 5.45. The third kappa shape index (κ3) is 2.48. The molecule has 0 aliphatic rings. The number of carbonyl (C=O) groups excluding carboxylic acids is 3. The SMILES string of the molecule is Cc1cc(N=C=O)c(N=C=O)c(N=C=O)c1C. The summed E-state index contributed by atoms with van der Waals surface area (Å²) in [5.74, 6) is 0. The van der Waals surface area contributed by atoms with Gasteiger partial charge in [0.05, 0.1) is 0 Å². The average molecular weight is 229 g/mol. The molecule has 17 heavy (non-hydrogen) atoms. The number of nitrogens with zero attached hydrogens (tertiary/aromatic N) is 3. The molecule has 6 nitrogen and oxygen atoms in total. The molecule has 0 amide bonds. The Balaban J connectivity index is 3.80. The minimum absolute atomic E-state index is 0.00907. The molecular weight excluding hydrogens is 222 g/mol. The minimum Gasteiger partial charge on any atom is -0.211 e.